The second-order valence-electron chi connectivity index (χ2n) is 4.25. The molecule has 0 N–H and O–H groups in total. The van der Waals surface area contributed by atoms with Crippen molar-refractivity contribution in [3.63, 3.8) is 0 Å². The molecule has 1 rings (SSSR count). The van der Waals surface area contributed by atoms with E-state index in [9.17, 15) is 48.0 Å². The molecule has 26 heavy (non-hydrogen) atoms. The van der Waals surface area contributed by atoms with E-state index in [0.717, 1.165) is 7.11 Å². The molecule has 1 aromatic rings. The fourth-order valence-corrected chi connectivity index (χ4v) is 4.44. The smallest absolute Gasteiger partial charge is 0.465 e. The summed E-state index contributed by atoms with van der Waals surface area (Å²) in [5.41, 5.74) is -15.0. The van der Waals surface area contributed by atoms with Gasteiger partial charge in [0.05, 0.1) is 23.4 Å². The lowest BCUT2D eigenvalue weighted by atomic mass is 10.2. The normalized spacial score (nSPS) is 13.4. The molecule has 0 amide bonds. The van der Waals surface area contributed by atoms with Crippen LogP contribution in [0.2, 0.25) is 5.02 Å². The highest BCUT2D eigenvalue weighted by atomic mass is 35.5. The van der Waals surface area contributed by atoms with Gasteiger partial charge in [0.25, 0.3) is 0 Å². The molecule has 7 nitrogen and oxygen atoms in total. The van der Waals surface area contributed by atoms with Crippen LogP contribution >= 0.6 is 11.6 Å². The van der Waals surface area contributed by atoms with Gasteiger partial charge in [-0.3, -0.25) is 0 Å². The number of ether oxygens (including phenoxy) is 1. The number of carbonyl (C=O) groups is 1. The molecule has 0 fully saturated rings. The van der Waals surface area contributed by atoms with Crippen LogP contribution in [0, 0.1) is 0 Å². The van der Waals surface area contributed by atoms with Gasteiger partial charge in [-0.25, -0.2) is 4.79 Å². The van der Waals surface area contributed by atoms with Gasteiger partial charge in [-0.2, -0.15) is 43.2 Å². The molecule has 0 saturated heterocycles. The number of alkyl halides is 6. The Balaban J connectivity index is 3.81. The summed E-state index contributed by atoms with van der Waals surface area (Å²) in [7, 11) is -13.2. The van der Waals surface area contributed by atoms with Crippen molar-refractivity contribution in [2.24, 2.45) is 0 Å². The Hall–Kier alpha value is -1.74. The van der Waals surface area contributed by atoms with Crippen molar-refractivity contribution in [2.45, 2.75) is 11.0 Å². The summed E-state index contributed by atoms with van der Waals surface area (Å²) in [4.78, 5) is 11.3. The van der Waals surface area contributed by atoms with Crippen LogP contribution in [0.4, 0.5) is 32.0 Å². The highest BCUT2D eigenvalue weighted by molar-refractivity contribution is 8.11. The number of esters is 1. The Bertz CT molecular complexity index is 880. The maximum atomic E-state index is 12.7. The number of anilines is 1. The molecule has 1 aromatic carbocycles. The topological polar surface area (TPSA) is 97.8 Å². The molecule has 0 heterocycles. The van der Waals surface area contributed by atoms with E-state index in [2.05, 4.69) is 4.74 Å². The van der Waals surface area contributed by atoms with E-state index in [4.69, 9.17) is 11.6 Å². The van der Waals surface area contributed by atoms with Gasteiger partial charge in [0, 0.05) is 0 Å². The number of methoxy groups -OCH3 is 1. The van der Waals surface area contributed by atoms with Gasteiger partial charge in [-0.1, -0.05) is 11.6 Å². The molecular formula is C10H6ClF6NO6S2. The predicted octanol–water partition coefficient (Wildman–Crippen LogP) is 2.63. The van der Waals surface area contributed by atoms with Crippen LogP contribution in [0.25, 0.3) is 0 Å². The molecule has 0 aliphatic heterocycles. The second-order valence-corrected chi connectivity index (χ2v) is 8.45. The first-order valence-corrected chi connectivity index (χ1v) is 9.05. The molecule has 0 aliphatic carbocycles. The summed E-state index contributed by atoms with van der Waals surface area (Å²) < 4.78 is 124. The maximum Gasteiger partial charge on any atom is 0.517 e. The summed E-state index contributed by atoms with van der Waals surface area (Å²) in [6.45, 7) is 0. The number of sulfonamides is 2. The highest BCUT2D eigenvalue weighted by Crippen LogP contribution is 2.39. The molecule has 16 heteroatoms. The second kappa shape index (κ2) is 6.77. The highest BCUT2D eigenvalue weighted by Gasteiger charge is 2.61. The quantitative estimate of drug-likeness (QED) is 0.518. The van der Waals surface area contributed by atoms with E-state index in [-0.39, 0.29) is 12.1 Å². The van der Waals surface area contributed by atoms with Gasteiger partial charge in [-0.05, 0) is 18.2 Å². The van der Waals surface area contributed by atoms with E-state index in [1.54, 1.807) is 0 Å². The molecular weight excluding hydrogens is 444 g/mol. The molecule has 0 saturated carbocycles. The molecule has 0 aliphatic rings. The minimum atomic E-state index is -7.04. The average molecular weight is 450 g/mol. The van der Waals surface area contributed by atoms with Crippen molar-refractivity contribution in [2.75, 3.05) is 10.8 Å². The summed E-state index contributed by atoms with van der Waals surface area (Å²) in [5.74, 6) is -1.16. The first-order valence-electron chi connectivity index (χ1n) is 5.79. The summed E-state index contributed by atoms with van der Waals surface area (Å²) in [6.07, 6.45) is 0. The van der Waals surface area contributed by atoms with Crippen LogP contribution in [-0.4, -0.2) is 40.9 Å². The van der Waals surface area contributed by atoms with Gasteiger partial charge in [0.2, 0.25) is 0 Å². The minimum Gasteiger partial charge on any atom is -0.465 e. The number of benzene rings is 1. The standard InChI is InChI=1S/C10H6ClF6NO6S2/c1-24-8(19)6-3-2-5(4-7(6)11)18(25(20,21)9(12,13)14)26(22,23)10(15,16)17/h2-4H,1H3. The molecule has 0 bridgehead atoms. The van der Waals surface area contributed by atoms with Crippen molar-refractivity contribution in [1.29, 1.82) is 0 Å². The number of hydrogen-bond donors (Lipinski definition) is 0. The molecule has 148 valence electrons. The fourth-order valence-electron chi connectivity index (χ4n) is 1.49. The lowest BCUT2D eigenvalue weighted by molar-refractivity contribution is -0.0462. The van der Waals surface area contributed by atoms with Crippen molar-refractivity contribution in [3.05, 3.63) is 28.8 Å². The number of carbonyl (C=O) groups excluding carboxylic acids is 1. The first-order chi connectivity index (χ1) is 11.5. The van der Waals surface area contributed by atoms with Gasteiger partial charge in [0.1, 0.15) is 0 Å². The minimum absolute atomic E-state index is 0.125. The number of nitrogens with zero attached hydrogens (tertiary/aromatic N) is 1. The Morgan fingerprint density at radius 3 is 1.73 bits per heavy atom. The lowest BCUT2D eigenvalue weighted by Crippen LogP contribution is -2.49. The van der Waals surface area contributed by atoms with E-state index in [1.807, 2.05) is 0 Å². The van der Waals surface area contributed by atoms with Crippen LogP contribution in [0.3, 0.4) is 0 Å². The van der Waals surface area contributed by atoms with Crippen molar-refractivity contribution < 1.29 is 52.7 Å². The summed E-state index contributed by atoms with van der Waals surface area (Å²) >= 11 is 5.50. The third kappa shape index (κ3) is 3.83. The predicted molar refractivity (Wildman–Crippen MR) is 75.2 cm³/mol. The Kier molecular flexibility index (Phi) is 5.81. The zero-order valence-electron chi connectivity index (χ0n) is 12.1. The van der Waals surface area contributed by atoms with Gasteiger partial charge >= 0.3 is 37.0 Å². The van der Waals surface area contributed by atoms with E-state index in [1.165, 1.54) is 0 Å². The van der Waals surface area contributed by atoms with Crippen LogP contribution < -0.4 is 3.71 Å². The number of halogens is 7. The average Bonchev–Trinajstić information content (AvgIpc) is 2.43. The lowest BCUT2D eigenvalue weighted by Gasteiger charge is -2.25. The maximum absolute atomic E-state index is 12.7. The Labute approximate surface area is 147 Å². The summed E-state index contributed by atoms with van der Waals surface area (Å²) in [5, 5.41) is -0.853. The van der Waals surface area contributed by atoms with Gasteiger partial charge in [0.15, 0.2) is 0 Å². The molecule has 0 radical (unpaired) electrons. The molecule has 0 atom stereocenters. The monoisotopic (exact) mass is 449 g/mol. The first kappa shape index (κ1) is 22.3. The Morgan fingerprint density at radius 1 is 1.00 bits per heavy atom. The SMILES string of the molecule is COC(=O)c1ccc(N(S(=O)(=O)C(F)(F)F)S(=O)(=O)C(F)(F)F)cc1Cl. The van der Waals surface area contributed by atoms with E-state index >= 15 is 0 Å². The molecule has 0 aromatic heterocycles. The van der Waals surface area contributed by atoms with Crippen LogP contribution in [0.5, 0.6) is 0 Å². The van der Waals surface area contributed by atoms with Gasteiger partial charge in [-0.15, -0.1) is 3.71 Å². The van der Waals surface area contributed by atoms with E-state index < -0.39 is 57.0 Å². The zero-order valence-corrected chi connectivity index (χ0v) is 14.5. The molecule has 0 unspecified atom stereocenters. The van der Waals surface area contributed by atoms with Crippen molar-refractivity contribution in [3.8, 4) is 0 Å². The Morgan fingerprint density at radius 2 is 1.42 bits per heavy atom. The van der Waals surface area contributed by atoms with Crippen LogP contribution in [-0.2, 0) is 24.8 Å². The van der Waals surface area contributed by atoms with Crippen molar-refractivity contribution >= 4 is 43.3 Å². The van der Waals surface area contributed by atoms with E-state index in [0.29, 0.717) is 6.07 Å². The van der Waals surface area contributed by atoms with Crippen LogP contribution in [0.1, 0.15) is 10.4 Å². The summed E-state index contributed by atoms with van der Waals surface area (Å²) in [6, 6.07) is 0.833. The number of rotatable bonds is 4. The third-order valence-electron chi connectivity index (χ3n) is 2.59. The van der Waals surface area contributed by atoms with Gasteiger partial charge < -0.3 is 4.74 Å². The largest absolute Gasteiger partial charge is 0.517 e. The fraction of sp³-hybridized carbons (Fsp3) is 0.300. The zero-order chi connectivity index (χ0) is 20.7. The molecule has 0 spiro atoms. The third-order valence-corrected chi connectivity index (χ3v) is 6.55. The van der Waals surface area contributed by atoms with Crippen molar-refractivity contribution in [1.82, 2.24) is 0 Å². The van der Waals surface area contributed by atoms with Crippen LogP contribution in [0.15, 0.2) is 18.2 Å². The number of hydrogen-bond acceptors (Lipinski definition) is 6.